The lowest BCUT2D eigenvalue weighted by Gasteiger charge is -2.36. The molecule has 0 aromatic heterocycles. The highest BCUT2D eigenvalue weighted by atomic mass is 16.6. The zero-order valence-corrected chi connectivity index (χ0v) is 11.3. The van der Waals surface area contributed by atoms with Gasteiger partial charge in [-0.2, -0.15) is 0 Å². The molecule has 0 saturated carbocycles. The first-order valence-electron chi connectivity index (χ1n) is 7.15. The molecule has 3 saturated heterocycles. The summed E-state index contributed by atoms with van der Waals surface area (Å²) in [6.07, 6.45) is 3.84. The number of amides is 1. The van der Waals surface area contributed by atoms with Gasteiger partial charge in [-0.3, -0.25) is 9.59 Å². The van der Waals surface area contributed by atoms with Crippen molar-refractivity contribution in [2.75, 3.05) is 19.8 Å². The number of hydrogen-bond donors (Lipinski definition) is 0. The van der Waals surface area contributed by atoms with Gasteiger partial charge in [0.25, 0.3) is 0 Å². The van der Waals surface area contributed by atoms with Gasteiger partial charge in [-0.1, -0.05) is 6.08 Å². The van der Waals surface area contributed by atoms with Crippen molar-refractivity contribution in [1.29, 1.82) is 0 Å². The van der Waals surface area contributed by atoms with Crippen molar-refractivity contribution in [3.8, 4) is 0 Å². The van der Waals surface area contributed by atoms with Crippen molar-refractivity contribution in [2.45, 2.75) is 31.3 Å². The van der Waals surface area contributed by atoms with Gasteiger partial charge in [-0.25, -0.2) is 0 Å². The van der Waals surface area contributed by atoms with Gasteiger partial charge in [-0.05, 0) is 19.4 Å². The Morgan fingerprint density at radius 3 is 3.25 bits per heavy atom. The van der Waals surface area contributed by atoms with E-state index in [-0.39, 0.29) is 18.0 Å². The van der Waals surface area contributed by atoms with Crippen LogP contribution in [0.3, 0.4) is 0 Å². The highest BCUT2D eigenvalue weighted by Gasteiger charge is 2.72. The molecule has 4 aliphatic rings. The monoisotopic (exact) mass is 279 g/mol. The number of rotatable bonds is 2. The first-order chi connectivity index (χ1) is 9.69. The summed E-state index contributed by atoms with van der Waals surface area (Å²) >= 11 is 0. The van der Waals surface area contributed by atoms with Crippen LogP contribution in [0, 0.1) is 11.8 Å². The molecule has 6 nitrogen and oxygen atoms in total. The second-order valence-electron chi connectivity index (χ2n) is 5.66. The normalized spacial score (nSPS) is 44.6. The van der Waals surface area contributed by atoms with E-state index in [0.29, 0.717) is 19.8 Å². The summed E-state index contributed by atoms with van der Waals surface area (Å²) in [7, 11) is 0. The molecule has 0 aromatic carbocycles. The van der Waals surface area contributed by atoms with E-state index in [1.165, 1.54) is 0 Å². The molecule has 4 heterocycles. The van der Waals surface area contributed by atoms with E-state index in [0.717, 1.165) is 6.42 Å². The van der Waals surface area contributed by atoms with Crippen molar-refractivity contribution in [3.05, 3.63) is 12.2 Å². The quantitative estimate of drug-likeness (QED) is 0.529. The van der Waals surface area contributed by atoms with Crippen molar-refractivity contribution < 1.29 is 23.8 Å². The van der Waals surface area contributed by atoms with Gasteiger partial charge in [-0.15, -0.1) is 0 Å². The number of hydrogen-bond acceptors (Lipinski definition) is 5. The Balaban J connectivity index is 1.73. The van der Waals surface area contributed by atoms with Crippen LogP contribution in [0.4, 0.5) is 0 Å². The Morgan fingerprint density at radius 2 is 2.45 bits per heavy atom. The number of carbonyl (C=O) groups excluding carboxylic acids is 2. The molecule has 1 amide bonds. The van der Waals surface area contributed by atoms with Crippen LogP contribution in [0.2, 0.25) is 0 Å². The van der Waals surface area contributed by atoms with E-state index in [2.05, 4.69) is 0 Å². The van der Waals surface area contributed by atoms with Crippen LogP contribution in [0.15, 0.2) is 12.2 Å². The summed E-state index contributed by atoms with van der Waals surface area (Å²) in [6, 6.07) is 0. The minimum absolute atomic E-state index is 0.0420. The molecular formula is C14H17NO5. The summed E-state index contributed by atoms with van der Waals surface area (Å²) in [6.45, 7) is 3.36. The van der Waals surface area contributed by atoms with Gasteiger partial charge in [0, 0.05) is 6.54 Å². The number of carbonyl (C=O) groups is 2. The maximum atomic E-state index is 12.6. The molecule has 0 aliphatic carbocycles. The lowest BCUT2D eigenvalue weighted by atomic mass is 9.76. The molecule has 2 bridgehead atoms. The maximum absolute atomic E-state index is 12.6. The third-order valence-electron chi connectivity index (χ3n) is 4.68. The Labute approximate surface area is 116 Å². The zero-order chi connectivity index (χ0) is 13.9. The highest BCUT2D eigenvalue weighted by Crippen LogP contribution is 2.55. The second kappa shape index (κ2) is 4.05. The number of fused-ring (bicyclic) bond motifs is 2. The minimum Gasteiger partial charge on any atom is -0.466 e. The fourth-order valence-electron chi connectivity index (χ4n) is 3.96. The molecule has 108 valence electrons. The predicted molar refractivity (Wildman–Crippen MR) is 66.4 cm³/mol. The third-order valence-corrected chi connectivity index (χ3v) is 4.68. The summed E-state index contributed by atoms with van der Waals surface area (Å²) in [4.78, 5) is 26.5. The molecule has 0 aromatic rings. The Bertz CT molecular complexity index is 504. The van der Waals surface area contributed by atoms with E-state index in [1.54, 1.807) is 11.8 Å². The lowest BCUT2D eigenvalue weighted by molar-refractivity contribution is -0.168. The maximum Gasteiger partial charge on any atom is 0.312 e. The van der Waals surface area contributed by atoms with Gasteiger partial charge >= 0.3 is 5.97 Å². The van der Waals surface area contributed by atoms with E-state index < -0.39 is 23.7 Å². The summed E-state index contributed by atoms with van der Waals surface area (Å²) in [5, 5.41) is 0. The molecule has 3 fully saturated rings. The van der Waals surface area contributed by atoms with Crippen LogP contribution in [-0.4, -0.2) is 54.5 Å². The van der Waals surface area contributed by atoms with Crippen LogP contribution < -0.4 is 0 Å². The average molecular weight is 279 g/mol. The predicted octanol–water partition coefficient (Wildman–Crippen LogP) is 0.0779. The largest absolute Gasteiger partial charge is 0.466 e. The van der Waals surface area contributed by atoms with Crippen LogP contribution in [0.5, 0.6) is 0 Å². The Morgan fingerprint density at radius 1 is 1.60 bits per heavy atom. The molecule has 5 atom stereocenters. The number of ether oxygens (including phenoxy) is 3. The molecule has 0 unspecified atom stereocenters. The second-order valence-corrected chi connectivity index (χ2v) is 5.66. The smallest absolute Gasteiger partial charge is 0.312 e. The van der Waals surface area contributed by atoms with E-state index >= 15 is 0 Å². The topological polar surface area (TPSA) is 65.1 Å². The first-order valence-corrected chi connectivity index (χ1v) is 7.15. The van der Waals surface area contributed by atoms with E-state index in [1.807, 2.05) is 12.2 Å². The van der Waals surface area contributed by atoms with Gasteiger partial charge in [0.15, 0.2) is 6.23 Å². The van der Waals surface area contributed by atoms with Gasteiger partial charge < -0.3 is 19.1 Å². The van der Waals surface area contributed by atoms with Crippen LogP contribution in [-0.2, 0) is 23.8 Å². The SMILES string of the molecule is CCOC(=O)[C@H]1[C@H]2C(=O)N3CCCO[C@@H]3[C@]23C=C[C@H]1O3. The molecule has 4 rings (SSSR count). The molecule has 0 N–H and O–H groups in total. The van der Waals surface area contributed by atoms with Crippen LogP contribution >= 0.6 is 0 Å². The highest BCUT2D eigenvalue weighted by molar-refractivity contribution is 5.91. The van der Waals surface area contributed by atoms with Crippen molar-refractivity contribution in [3.63, 3.8) is 0 Å². The van der Waals surface area contributed by atoms with E-state index in [4.69, 9.17) is 14.2 Å². The Kier molecular flexibility index (Phi) is 2.50. The lowest BCUT2D eigenvalue weighted by Crippen LogP contribution is -2.49. The fraction of sp³-hybridized carbons (Fsp3) is 0.714. The van der Waals surface area contributed by atoms with Gasteiger partial charge in [0.05, 0.1) is 25.2 Å². The average Bonchev–Trinajstić information content (AvgIpc) is 3.09. The first kappa shape index (κ1) is 12.3. The van der Waals surface area contributed by atoms with Crippen molar-refractivity contribution in [1.82, 2.24) is 4.90 Å². The molecule has 6 heteroatoms. The fourth-order valence-corrected chi connectivity index (χ4v) is 3.96. The molecular weight excluding hydrogens is 262 g/mol. The third kappa shape index (κ3) is 1.31. The number of nitrogens with zero attached hydrogens (tertiary/aromatic N) is 1. The van der Waals surface area contributed by atoms with E-state index in [9.17, 15) is 9.59 Å². The Hall–Kier alpha value is -1.40. The van der Waals surface area contributed by atoms with Crippen molar-refractivity contribution >= 4 is 11.9 Å². The summed E-state index contributed by atoms with van der Waals surface area (Å²) in [5.41, 5.74) is -0.792. The van der Waals surface area contributed by atoms with Gasteiger partial charge in [0.1, 0.15) is 11.5 Å². The summed E-state index contributed by atoms with van der Waals surface area (Å²) < 4.78 is 16.9. The van der Waals surface area contributed by atoms with Gasteiger partial charge in [0.2, 0.25) is 5.91 Å². The molecule has 0 radical (unpaired) electrons. The zero-order valence-electron chi connectivity index (χ0n) is 11.3. The standard InChI is InChI=1S/C14H17NO5/c1-2-18-12(17)9-8-4-5-14(20-8)10(9)11(16)15-6-3-7-19-13(14)15/h4-5,8-10,13H,2-3,6-7H2,1H3/t8-,9-,10+,13-,14+/m1/s1. The van der Waals surface area contributed by atoms with Crippen molar-refractivity contribution in [2.24, 2.45) is 11.8 Å². The number of esters is 1. The minimum atomic E-state index is -0.792. The molecule has 20 heavy (non-hydrogen) atoms. The molecule has 1 spiro atoms. The summed E-state index contributed by atoms with van der Waals surface area (Å²) in [5.74, 6) is -1.43. The van der Waals surface area contributed by atoms with Crippen LogP contribution in [0.1, 0.15) is 13.3 Å². The van der Waals surface area contributed by atoms with Crippen LogP contribution in [0.25, 0.3) is 0 Å². The molecule has 4 aliphatic heterocycles.